The molecule has 1 heterocycles. The Balaban J connectivity index is 1.86. The molecule has 2 aromatic carbocycles. The molecule has 0 spiro atoms. The van der Waals surface area contributed by atoms with Crippen LogP contribution in [-0.4, -0.2) is 21.2 Å². The molecule has 0 N–H and O–H groups in total. The number of sulfonamides is 1. The molecule has 0 bridgehead atoms. The summed E-state index contributed by atoms with van der Waals surface area (Å²) in [6, 6.07) is 15.7. The van der Waals surface area contributed by atoms with Crippen LogP contribution in [0.4, 0.5) is 0 Å². The first-order valence-corrected chi connectivity index (χ1v) is 7.87. The van der Waals surface area contributed by atoms with Gasteiger partial charge in [0.05, 0.1) is 4.90 Å². The lowest BCUT2D eigenvalue weighted by Gasteiger charge is -2.15. The third-order valence-electron chi connectivity index (χ3n) is 3.05. The molecule has 2 aromatic rings. The molecule has 0 saturated carbocycles. The van der Waals surface area contributed by atoms with E-state index < -0.39 is 10.0 Å². The standard InChI is InChI=1S/C16H13NO3S/c18-21(19,15-7-2-1-3-8-15)17-11-13-10-14-6-4-5-9-16(14)20-12-13/h1-11H,12H2/b17-11+. The molecule has 3 rings (SSSR count). The van der Waals surface area contributed by atoms with Crippen molar-refractivity contribution in [3.05, 3.63) is 65.7 Å². The quantitative estimate of drug-likeness (QED) is 0.819. The molecule has 5 heteroatoms. The normalized spacial score (nSPS) is 14.4. The van der Waals surface area contributed by atoms with E-state index in [0.717, 1.165) is 11.3 Å². The highest BCUT2D eigenvalue weighted by Crippen LogP contribution is 2.25. The highest BCUT2D eigenvalue weighted by molar-refractivity contribution is 7.90. The minimum atomic E-state index is -3.66. The SMILES string of the molecule is O=S(=O)(/N=C/C1=Cc2ccccc2OC1)c1ccccc1. The van der Waals surface area contributed by atoms with Crippen molar-refractivity contribution < 1.29 is 13.2 Å². The van der Waals surface area contributed by atoms with E-state index in [-0.39, 0.29) is 4.90 Å². The maximum atomic E-state index is 12.1. The van der Waals surface area contributed by atoms with Crippen LogP contribution in [0.1, 0.15) is 5.56 Å². The fraction of sp³-hybridized carbons (Fsp3) is 0.0625. The predicted molar refractivity (Wildman–Crippen MR) is 82.0 cm³/mol. The topological polar surface area (TPSA) is 55.7 Å². The number of hydrogen-bond acceptors (Lipinski definition) is 3. The van der Waals surface area contributed by atoms with Crippen molar-refractivity contribution in [2.75, 3.05) is 6.61 Å². The van der Waals surface area contributed by atoms with Crippen LogP contribution in [0.25, 0.3) is 6.08 Å². The van der Waals surface area contributed by atoms with Crippen LogP contribution in [0, 0.1) is 0 Å². The Morgan fingerprint density at radius 1 is 1.00 bits per heavy atom. The lowest BCUT2D eigenvalue weighted by atomic mass is 10.1. The highest BCUT2D eigenvalue weighted by atomic mass is 32.2. The van der Waals surface area contributed by atoms with E-state index >= 15 is 0 Å². The molecule has 0 atom stereocenters. The van der Waals surface area contributed by atoms with Gasteiger partial charge in [0.25, 0.3) is 10.0 Å². The second kappa shape index (κ2) is 5.54. The smallest absolute Gasteiger partial charge is 0.282 e. The maximum Gasteiger partial charge on any atom is 0.282 e. The third kappa shape index (κ3) is 3.03. The third-order valence-corrected chi connectivity index (χ3v) is 4.30. The van der Waals surface area contributed by atoms with Gasteiger partial charge < -0.3 is 4.74 Å². The zero-order valence-electron chi connectivity index (χ0n) is 11.1. The second-order valence-corrected chi connectivity index (χ2v) is 6.20. The van der Waals surface area contributed by atoms with Crippen LogP contribution in [0.2, 0.25) is 0 Å². The van der Waals surface area contributed by atoms with E-state index in [9.17, 15) is 8.42 Å². The lowest BCUT2D eigenvalue weighted by molar-refractivity contribution is 0.353. The molecule has 1 aliphatic rings. The van der Waals surface area contributed by atoms with Crippen LogP contribution in [0.5, 0.6) is 5.75 Å². The van der Waals surface area contributed by atoms with E-state index in [4.69, 9.17) is 4.74 Å². The van der Waals surface area contributed by atoms with Gasteiger partial charge in [-0.25, -0.2) is 0 Å². The van der Waals surface area contributed by atoms with Crippen molar-refractivity contribution in [1.29, 1.82) is 0 Å². The average Bonchev–Trinajstić information content (AvgIpc) is 2.54. The predicted octanol–water partition coefficient (Wildman–Crippen LogP) is 2.92. The number of ether oxygens (including phenoxy) is 1. The summed E-state index contributed by atoms with van der Waals surface area (Å²) in [4.78, 5) is 0.180. The maximum absolute atomic E-state index is 12.1. The number of fused-ring (bicyclic) bond motifs is 1. The van der Waals surface area contributed by atoms with Crippen molar-refractivity contribution in [1.82, 2.24) is 0 Å². The summed E-state index contributed by atoms with van der Waals surface area (Å²) in [7, 11) is -3.66. The Labute approximate surface area is 123 Å². The molecular weight excluding hydrogens is 286 g/mol. The average molecular weight is 299 g/mol. The summed E-state index contributed by atoms with van der Waals surface area (Å²) in [5.41, 5.74) is 1.63. The van der Waals surface area contributed by atoms with Crippen LogP contribution >= 0.6 is 0 Å². The monoisotopic (exact) mass is 299 g/mol. The first kappa shape index (κ1) is 13.6. The second-order valence-electron chi connectivity index (χ2n) is 4.57. The molecule has 0 radical (unpaired) electrons. The molecule has 0 amide bonds. The Hall–Kier alpha value is -2.40. The fourth-order valence-electron chi connectivity index (χ4n) is 2.00. The minimum Gasteiger partial charge on any atom is -0.488 e. The zero-order chi connectivity index (χ0) is 14.7. The van der Waals surface area contributed by atoms with Crippen LogP contribution in [-0.2, 0) is 10.0 Å². The zero-order valence-corrected chi connectivity index (χ0v) is 12.0. The molecule has 0 aromatic heterocycles. The Morgan fingerprint density at radius 2 is 1.71 bits per heavy atom. The molecule has 0 saturated heterocycles. The summed E-state index contributed by atoms with van der Waals surface area (Å²) in [6.45, 7) is 0.310. The number of hydrogen-bond donors (Lipinski definition) is 0. The fourth-order valence-corrected chi connectivity index (χ4v) is 2.90. The summed E-state index contributed by atoms with van der Waals surface area (Å²) in [5, 5.41) is 0. The van der Waals surface area contributed by atoms with E-state index in [1.807, 2.05) is 30.3 Å². The van der Waals surface area contributed by atoms with Gasteiger partial charge in [-0.2, -0.15) is 12.8 Å². The molecule has 0 aliphatic carbocycles. The van der Waals surface area contributed by atoms with Gasteiger partial charge in [-0.05, 0) is 24.3 Å². The largest absolute Gasteiger partial charge is 0.488 e. The molecule has 106 valence electrons. The van der Waals surface area contributed by atoms with Crippen molar-refractivity contribution in [3.8, 4) is 5.75 Å². The molecule has 0 unspecified atom stereocenters. The summed E-state index contributed by atoms with van der Waals surface area (Å²) in [5.74, 6) is 0.792. The van der Waals surface area contributed by atoms with Crippen molar-refractivity contribution >= 4 is 22.3 Å². The summed E-state index contributed by atoms with van der Waals surface area (Å²) >= 11 is 0. The highest BCUT2D eigenvalue weighted by Gasteiger charge is 2.13. The summed E-state index contributed by atoms with van der Waals surface area (Å²) in [6.07, 6.45) is 3.22. The van der Waals surface area contributed by atoms with Gasteiger partial charge in [0.2, 0.25) is 0 Å². The Kier molecular flexibility index (Phi) is 3.58. The van der Waals surface area contributed by atoms with Crippen molar-refractivity contribution in [2.24, 2.45) is 4.40 Å². The van der Waals surface area contributed by atoms with Gasteiger partial charge in [-0.1, -0.05) is 36.4 Å². The summed E-state index contributed by atoms with van der Waals surface area (Å²) < 4.78 is 33.4. The van der Waals surface area contributed by atoms with Crippen LogP contribution in [0.3, 0.4) is 0 Å². The molecular formula is C16H13NO3S. The van der Waals surface area contributed by atoms with Gasteiger partial charge >= 0.3 is 0 Å². The Morgan fingerprint density at radius 3 is 2.52 bits per heavy atom. The van der Waals surface area contributed by atoms with Crippen LogP contribution < -0.4 is 4.74 Å². The molecule has 21 heavy (non-hydrogen) atoms. The number of benzene rings is 2. The minimum absolute atomic E-state index is 0.180. The lowest BCUT2D eigenvalue weighted by Crippen LogP contribution is -2.09. The van der Waals surface area contributed by atoms with Crippen molar-refractivity contribution in [2.45, 2.75) is 4.90 Å². The number of nitrogens with zero attached hydrogens (tertiary/aromatic N) is 1. The van der Waals surface area contributed by atoms with Crippen molar-refractivity contribution in [3.63, 3.8) is 0 Å². The van der Waals surface area contributed by atoms with Gasteiger partial charge in [-0.3, -0.25) is 0 Å². The first-order valence-electron chi connectivity index (χ1n) is 6.43. The number of para-hydroxylation sites is 1. The van der Waals surface area contributed by atoms with Gasteiger partial charge in [0, 0.05) is 17.4 Å². The molecule has 4 nitrogen and oxygen atoms in total. The van der Waals surface area contributed by atoms with E-state index in [2.05, 4.69) is 4.40 Å². The Bertz CT molecular complexity index is 808. The first-order chi connectivity index (χ1) is 10.1. The van der Waals surface area contributed by atoms with Gasteiger partial charge in [0.15, 0.2) is 0 Å². The van der Waals surface area contributed by atoms with E-state index in [0.29, 0.717) is 12.2 Å². The van der Waals surface area contributed by atoms with E-state index in [1.54, 1.807) is 18.2 Å². The number of rotatable bonds is 3. The van der Waals surface area contributed by atoms with Crippen LogP contribution in [0.15, 0.2) is 69.5 Å². The molecule has 1 aliphatic heterocycles. The molecule has 0 fully saturated rings. The van der Waals surface area contributed by atoms with Gasteiger partial charge in [0.1, 0.15) is 12.4 Å². The van der Waals surface area contributed by atoms with E-state index in [1.165, 1.54) is 18.3 Å². The van der Waals surface area contributed by atoms with Gasteiger partial charge in [-0.15, -0.1) is 0 Å².